The van der Waals surface area contributed by atoms with Gasteiger partial charge < -0.3 is 24.4 Å². The van der Waals surface area contributed by atoms with Crippen molar-refractivity contribution in [3.8, 4) is 0 Å². The second kappa shape index (κ2) is 5.66. The van der Waals surface area contributed by atoms with Crippen LogP contribution in [-0.2, 0) is 14.2 Å². The summed E-state index contributed by atoms with van der Waals surface area (Å²) in [5.41, 5.74) is -1.09. The van der Waals surface area contributed by atoms with Gasteiger partial charge in [0, 0.05) is 7.11 Å². The molecule has 5 nitrogen and oxygen atoms in total. The van der Waals surface area contributed by atoms with Gasteiger partial charge in [0.05, 0.1) is 17.3 Å². The lowest BCUT2D eigenvalue weighted by Gasteiger charge is -2.48. The molecular weight excluding hydrogens is 248 g/mol. The highest BCUT2D eigenvalue weighted by Crippen LogP contribution is 2.32. The SMILES string of the molecule is COC(C)(C)C1OC(C)C(OC(C)(C)C)C(O)C1O. The van der Waals surface area contributed by atoms with E-state index in [0.29, 0.717) is 0 Å². The number of methoxy groups -OCH3 is 1. The summed E-state index contributed by atoms with van der Waals surface area (Å²) in [5.74, 6) is 0. The minimum absolute atomic E-state index is 0.322. The van der Waals surface area contributed by atoms with Gasteiger partial charge in [0.1, 0.15) is 24.4 Å². The maximum atomic E-state index is 10.3. The van der Waals surface area contributed by atoms with Crippen LogP contribution >= 0.6 is 0 Å². The molecule has 0 aromatic carbocycles. The van der Waals surface area contributed by atoms with Gasteiger partial charge in [0.25, 0.3) is 0 Å². The normalized spacial score (nSPS) is 37.4. The first-order valence-electron chi connectivity index (χ1n) is 6.74. The van der Waals surface area contributed by atoms with Crippen LogP contribution in [0.15, 0.2) is 0 Å². The van der Waals surface area contributed by atoms with Gasteiger partial charge in [-0.15, -0.1) is 0 Å². The van der Waals surface area contributed by atoms with Gasteiger partial charge in [-0.3, -0.25) is 0 Å². The molecule has 1 saturated heterocycles. The van der Waals surface area contributed by atoms with Gasteiger partial charge in [-0.1, -0.05) is 0 Å². The van der Waals surface area contributed by atoms with Crippen molar-refractivity contribution < 1.29 is 24.4 Å². The third-order valence-corrected chi connectivity index (χ3v) is 3.52. The van der Waals surface area contributed by atoms with Gasteiger partial charge in [-0.25, -0.2) is 0 Å². The van der Waals surface area contributed by atoms with Crippen LogP contribution in [0.25, 0.3) is 0 Å². The van der Waals surface area contributed by atoms with Gasteiger partial charge in [0.2, 0.25) is 0 Å². The molecule has 0 radical (unpaired) electrons. The standard InChI is InChI=1S/C14H28O5/c1-8-11(19-13(2,3)4)9(15)10(16)12(18-8)14(5,6)17-7/h8-12,15-16H,1-7H3. The van der Waals surface area contributed by atoms with Gasteiger partial charge in [-0.2, -0.15) is 0 Å². The molecule has 2 N–H and O–H groups in total. The van der Waals surface area contributed by atoms with E-state index in [2.05, 4.69) is 0 Å². The molecule has 5 unspecified atom stereocenters. The van der Waals surface area contributed by atoms with E-state index in [1.807, 2.05) is 41.5 Å². The molecule has 19 heavy (non-hydrogen) atoms. The van der Waals surface area contributed by atoms with Crippen molar-refractivity contribution in [1.29, 1.82) is 0 Å². The first kappa shape index (κ1) is 16.9. The Balaban J connectivity index is 2.87. The lowest BCUT2D eigenvalue weighted by molar-refractivity contribution is -0.281. The van der Waals surface area contributed by atoms with Crippen LogP contribution in [-0.4, -0.2) is 59.0 Å². The Morgan fingerprint density at radius 1 is 1.00 bits per heavy atom. The average molecular weight is 276 g/mol. The summed E-state index contributed by atoms with van der Waals surface area (Å²) in [6.07, 6.45) is -3.51. The Hall–Kier alpha value is -0.200. The quantitative estimate of drug-likeness (QED) is 0.808. The summed E-state index contributed by atoms with van der Waals surface area (Å²) >= 11 is 0. The van der Waals surface area contributed by atoms with Crippen LogP contribution < -0.4 is 0 Å². The summed E-state index contributed by atoms with van der Waals surface area (Å²) in [7, 11) is 1.56. The maximum Gasteiger partial charge on any atom is 0.115 e. The highest BCUT2D eigenvalue weighted by atomic mass is 16.6. The van der Waals surface area contributed by atoms with Crippen molar-refractivity contribution in [3.05, 3.63) is 0 Å². The summed E-state index contributed by atoms with van der Waals surface area (Å²) in [5, 5.41) is 20.5. The fourth-order valence-corrected chi connectivity index (χ4v) is 2.31. The van der Waals surface area contributed by atoms with Crippen molar-refractivity contribution in [2.45, 2.75) is 83.3 Å². The molecule has 0 bridgehead atoms. The van der Waals surface area contributed by atoms with E-state index in [4.69, 9.17) is 14.2 Å². The average Bonchev–Trinajstić information content (AvgIpc) is 2.28. The van der Waals surface area contributed by atoms with Crippen LogP contribution in [0.4, 0.5) is 0 Å². The summed E-state index contributed by atoms with van der Waals surface area (Å²) in [4.78, 5) is 0. The Morgan fingerprint density at radius 3 is 1.95 bits per heavy atom. The highest BCUT2D eigenvalue weighted by Gasteiger charge is 2.50. The first-order valence-corrected chi connectivity index (χ1v) is 6.74. The number of aliphatic hydroxyl groups excluding tert-OH is 2. The molecule has 0 saturated carbocycles. The number of rotatable bonds is 3. The second-order valence-corrected chi connectivity index (χ2v) is 6.75. The van der Waals surface area contributed by atoms with E-state index < -0.39 is 35.6 Å². The number of ether oxygens (including phenoxy) is 3. The van der Waals surface area contributed by atoms with Crippen LogP contribution in [0, 0.1) is 0 Å². The van der Waals surface area contributed by atoms with Crippen molar-refractivity contribution in [1.82, 2.24) is 0 Å². The maximum absolute atomic E-state index is 10.3. The first-order chi connectivity index (χ1) is 8.49. The predicted octanol–water partition coefficient (Wildman–Crippen LogP) is 1.10. The minimum Gasteiger partial charge on any atom is -0.387 e. The zero-order chi connectivity index (χ0) is 15.0. The van der Waals surface area contributed by atoms with Crippen molar-refractivity contribution >= 4 is 0 Å². The zero-order valence-corrected chi connectivity index (χ0v) is 13.0. The second-order valence-electron chi connectivity index (χ2n) is 6.75. The van der Waals surface area contributed by atoms with E-state index in [9.17, 15) is 10.2 Å². The molecule has 0 amide bonds. The van der Waals surface area contributed by atoms with Gasteiger partial charge in [0.15, 0.2) is 0 Å². The fourth-order valence-electron chi connectivity index (χ4n) is 2.31. The zero-order valence-electron chi connectivity index (χ0n) is 13.0. The summed E-state index contributed by atoms with van der Waals surface area (Å²) in [6, 6.07) is 0. The van der Waals surface area contributed by atoms with E-state index in [1.165, 1.54) is 0 Å². The Labute approximate surface area is 115 Å². The lowest BCUT2D eigenvalue weighted by Crippen LogP contribution is -2.64. The molecule has 5 atom stereocenters. The van der Waals surface area contributed by atoms with Crippen molar-refractivity contribution in [2.75, 3.05) is 7.11 Å². The molecule has 1 fully saturated rings. The Morgan fingerprint density at radius 2 is 1.53 bits per heavy atom. The van der Waals surface area contributed by atoms with Crippen LogP contribution in [0.1, 0.15) is 41.5 Å². The molecule has 5 heteroatoms. The van der Waals surface area contributed by atoms with Crippen LogP contribution in [0.2, 0.25) is 0 Å². The number of hydrogen-bond donors (Lipinski definition) is 2. The number of aliphatic hydroxyl groups is 2. The summed E-state index contributed by atoms with van der Waals surface area (Å²) < 4.78 is 17.0. The monoisotopic (exact) mass is 276 g/mol. The Bertz CT molecular complexity index is 297. The van der Waals surface area contributed by atoms with Crippen LogP contribution in [0.5, 0.6) is 0 Å². The van der Waals surface area contributed by atoms with Crippen molar-refractivity contribution in [2.24, 2.45) is 0 Å². The molecule has 1 aliphatic rings. The molecule has 1 rings (SSSR count). The fraction of sp³-hybridized carbons (Fsp3) is 1.00. The molecular formula is C14H28O5. The predicted molar refractivity (Wildman–Crippen MR) is 72.1 cm³/mol. The minimum atomic E-state index is -1.04. The van der Waals surface area contributed by atoms with Crippen molar-refractivity contribution in [3.63, 3.8) is 0 Å². The van der Waals surface area contributed by atoms with E-state index >= 15 is 0 Å². The molecule has 0 aliphatic carbocycles. The highest BCUT2D eigenvalue weighted by molar-refractivity contribution is 4.98. The summed E-state index contributed by atoms with van der Waals surface area (Å²) in [6.45, 7) is 11.2. The van der Waals surface area contributed by atoms with E-state index in [1.54, 1.807) is 7.11 Å². The molecule has 0 aromatic rings. The lowest BCUT2D eigenvalue weighted by atomic mass is 9.86. The third kappa shape index (κ3) is 3.89. The number of hydrogen-bond acceptors (Lipinski definition) is 5. The molecule has 0 spiro atoms. The molecule has 1 aliphatic heterocycles. The largest absolute Gasteiger partial charge is 0.387 e. The van der Waals surface area contributed by atoms with Crippen LogP contribution in [0.3, 0.4) is 0 Å². The van der Waals surface area contributed by atoms with Gasteiger partial charge >= 0.3 is 0 Å². The molecule has 0 aromatic heterocycles. The molecule has 114 valence electrons. The third-order valence-electron chi connectivity index (χ3n) is 3.52. The van der Waals surface area contributed by atoms with E-state index in [-0.39, 0.29) is 6.10 Å². The van der Waals surface area contributed by atoms with Gasteiger partial charge in [-0.05, 0) is 41.5 Å². The van der Waals surface area contributed by atoms with E-state index in [0.717, 1.165) is 0 Å². The topological polar surface area (TPSA) is 68.2 Å². The molecule has 1 heterocycles. The Kier molecular flexibility index (Phi) is 5.02. The smallest absolute Gasteiger partial charge is 0.115 e.